The number of nitrogens with zero attached hydrogens (tertiary/aromatic N) is 3. The molecule has 1 saturated heterocycles. The average Bonchev–Trinajstić information content (AvgIpc) is 2.33. The second-order valence-electron chi connectivity index (χ2n) is 3.95. The Morgan fingerprint density at radius 2 is 2.18 bits per heavy atom. The Morgan fingerprint density at radius 1 is 1.41 bits per heavy atom. The van der Waals surface area contributed by atoms with Crippen LogP contribution in [0.25, 0.3) is 0 Å². The van der Waals surface area contributed by atoms with Crippen molar-refractivity contribution in [3.8, 4) is 0 Å². The highest BCUT2D eigenvalue weighted by molar-refractivity contribution is 5.87. The van der Waals surface area contributed by atoms with Crippen LogP contribution in [0.1, 0.15) is 10.4 Å². The summed E-state index contributed by atoms with van der Waals surface area (Å²) in [5.74, 6) is -0.324. The van der Waals surface area contributed by atoms with E-state index in [1.54, 1.807) is 18.0 Å². The average molecular weight is 235 g/mol. The summed E-state index contributed by atoms with van der Waals surface area (Å²) >= 11 is 0. The van der Waals surface area contributed by atoms with Gasteiger partial charge in [-0.25, -0.2) is 9.78 Å². The normalized spacial score (nSPS) is 16.2. The summed E-state index contributed by atoms with van der Waals surface area (Å²) < 4.78 is 0. The number of carbonyl (C=O) groups excluding carboxylic acids is 1. The number of hydrogen-bond acceptors (Lipinski definition) is 4. The summed E-state index contributed by atoms with van der Waals surface area (Å²) in [6, 6.07) is 3.12. The van der Waals surface area contributed by atoms with Gasteiger partial charge in [-0.2, -0.15) is 0 Å². The molecule has 1 N–H and O–H groups in total. The predicted octanol–water partition coefficient (Wildman–Crippen LogP) is 0.0582. The van der Waals surface area contributed by atoms with Crippen molar-refractivity contribution in [3.63, 3.8) is 0 Å². The number of pyridine rings is 1. The Hall–Kier alpha value is -2.11. The van der Waals surface area contributed by atoms with E-state index in [0.29, 0.717) is 18.9 Å². The molecule has 0 aromatic carbocycles. The highest BCUT2D eigenvalue weighted by Crippen LogP contribution is 2.13. The predicted molar refractivity (Wildman–Crippen MR) is 61.0 cm³/mol. The number of anilines is 1. The van der Waals surface area contributed by atoms with Crippen LogP contribution < -0.4 is 4.90 Å². The monoisotopic (exact) mass is 235 g/mol. The van der Waals surface area contributed by atoms with Gasteiger partial charge in [-0.1, -0.05) is 0 Å². The summed E-state index contributed by atoms with van der Waals surface area (Å²) in [5.41, 5.74) is 0.147. The number of hydrogen-bond donors (Lipinski definition) is 1. The third-order valence-electron chi connectivity index (χ3n) is 2.78. The third-order valence-corrected chi connectivity index (χ3v) is 2.78. The first kappa shape index (κ1) is 11.4. The van der Waals surface area contributed by atoms with Gasteiger partial charge in [0.15, 0.2) is 0 Å². The van der Waals surface area contributed by atoms with Crippen molar-refractivity contribution in [3.05, 3.63) is 23.9 Å². The minimum Gasteiger partial charge on any atom is -0.478 e. The van der Waals surface area contributed by atoms with Gasteiger partial charge in [0.1, 0.15) is 5.82 Å². The maximum Gasteiger partial charge on any atom is 0.337 e. The number of rotatable bonds is 2. The topological polar surface area (TPSA) is 73.7 Å². The van der Waals surface area contributed by atoms with Crippen LogP contribution in [0.2, 0.25) is 0 Å². The second-order valence-corrected chi connectivity index (χ2v) is 3.95. The molecule has 0 unspecified atom stereocenters. The Morgan fingerprint density at radius 3 is 2.71 bits per heavy atom. The summed E-state index contributed by atoms with van der Waals surface area (Å²) in [6.07, 6.45) is 1.31. The second kappa shape index (κ2) is 4.40. The van der Waals surface area contributed by atoms with E-state index in [9.17, 15) is 9.59 Å². The molecule has 17 heavy (non-hydrogen) atoms. The van der Waals surface area contributed by atoms with Crippen LogP contribution in [0.5, 0.6) is 0 Å². The van der Waals surface area contributed by atoms with Gasteiger partial charge in [0.25, 0.3) is 0 Å². The molecule has 2 rings (SSSR count). The largest absolute Gasteiger partial charge is 0.478 e. The molecule has 1 aromatic rings. The molecule has 1 aliphatic rings. The Kier molecular flexibility index (Phi) is 2.95. The van der Waals surface area contributed by atoms with Crippen LogP contribution in [0.3, 0.4) is 0 Å². The SMILES string of the molecule is CN1CCN(c2ccc(C(=O)O)cn2)CC1=O. The number of aromatic carboxylic acids is 1. The molecular weight excluding hydrogens is 222 g/mol. The Balaban J connectivity index is 2.13. The number of piperazine rings is 1. The van der Waals surface area contributed by atoms with Crippen LogP contribution in [0.4, 0.5) is 5.82 Å². The molecule has 0 saturated carbocycles. The molecule has 0 aliphatic carbocycles. The summed E-state index contributed by atoms with van der Waals surface area (Å²) in [7, 11) is 1.76. The standard InChI is InChI=1S/C11H13N3O3/c1-13-4-5-14(7-10(13)15)9-3-2-8(6-12-9)11(16)17/h2-3,6H,4-5,7H2,1H3,(H,16,17). The molecule has 0 atom stereocenters. The number of carbonyl (C=O) groups is 2. The highest BCUT2D eigenvalue weighted by atomic mass is 16.4. The van der Waals surface area contributed by atoms with Crippen molar-refractivity contribution < 1.29 is 14.7 Å². The van der Waals surface area contributed by atoms with E-state index in [1.807, 2.05) is 4.90 Å². The van der Waals surface area contributed by atoms with Crippen molar-refractivity contribution in [2.24, 2.45) is 0 Å². The molecule has 0 spiro atoms. The molecule has 6 nitrogen and oxygen atoms in total. The number of carboxylic acid groups (broad SMARTS) is 1. The van der Waals surface area contributed by atoms with Gasteiger partial charge in [-0.3, -0.25) is 4.79 Å². The van der Waals surface area contributed by atoms with Crippen molar-refractivity contribution >= 4 is 17.7 Å². The molecule has 6 heteroatoms. The Bertz CT molecular complexity index is 444. The van der Waals surface area contributed by atoms with E-state index in [1.165, 1.54) is 12.3 Å². The fourth-order valence-corrected chi connectivity index (χ4v) is 1.65. The van der Waals surface area contributed by atoms with Gasteiger partial charge in [-0.15, -0.1) is 0 Å². The van der Waals surface area contributed by atoms with Crippen molar-refractivity contribution in [1.82, 2.24) is 9.88 Å². The van der Waals surface area contributed by atoms with Crippen LogP contribution in [0.15, 0.2) is 18.3 Å². The van der Waals surface area contributed by atoms with Crippen LogP contribution in [-0.4, -0.2) is 53.5 Å². The quantitative estimate of drug-likeness (QED) is 0.784. The number of amides is 1. The maximum absolute atomic E-state index is 11.5. The van der Waals surface area contributed by atoms with E-state index in [0.717, 1.165) is 0 Å². The zero-order valence-corrected chi connectivity index (χ0v) is 9.46. The van der Waals surface area contributed by atoms with Crippen LogP contribution >= 0.6 is 0 Å². The lowest BCUT2D eigenvalue weighted by Gasteiger charge is -2.32. The van der Waals surface area contributed by atoms with Gasteiger partial charge < -0.3 is 14.9 Å². The number of aromatic nitrogens is 1. The lowest BCUT2D eigenvalue weighted by Crippen LogP contribution is -2.48. The fraction of sp³-hybridized carbons (Fsp3) is 0.364. The minimum atomic E-state index is -1.00. The molecule has 90 valence electrons. The molecule has 1 fully saturated rings. The molecule has 0 bridgehead atoms. The van der Waals surface area contributed by atoms with Crippen LogP contribution in [-0.2, 0) is 4.79 Å². The van der Waals surface area contributed by atoms with E-state index >= 15 is 0 Å². The van der Waals surface area contributed by atoms with E-state index < -0.39 is 5.97 Å². The van der Waals surface area contributed by atoms with Gasteiger partial charge >= 0.3 is 5.97 Å². The van der Waals surface area contributed by atoms with Gasteiger partial charge in [0, 0.05) is 26.3 Å². The van der Waals surface area contributed by atoms with Crippen molar-refractivity contribution in [1.29, 1.82) is 0 Å². The molecule has 2 heterocycles. The Labute approximate surface area is 98.5 Å². The van der Waals surface area contributed by atoms with Gasteiger partial charge in [0.05, 0.1) is 12.1 Å². The zero-order valence-electron chi connectivity index (χ0n) is 9.46. The third kappa shape index (κ3) is 2.35. The zero-order chi connectivity index (χ0) is 12.4. The lowest BCUT2D eigenvalue weighted by atomic mass is 10.2. The maximum atomic E-state index is 11.5. The van der Waals surface area contributed by atoms with E-state index in [-0.39, 0.29) is 18.0 Å². The number of carboxylic acids is 1. The fourth-order valence-electron chi connectivity index (χ4n) is 1.65. The lowest BCUT2D eigenvalue weighted by molar-refractivity contribution is -0.129. The molecule has 0 radical (unpaired) electrons. The van der Waals surface area contributed by atoms with Crippen molar-refractivity contribution in [2.75, 3.05) is 31.6 Å². The number of likely N-dealkylation sites (N-methyl/N-ethyl adjacent to an activating group) is 1. The van der Waals surface area contributed by atoms with Crippen LogP contribution in [0, 0.1) is 0 Å². The highest BCUT2D eigenvalue weighted by Gasteiger charge is 2.21. The first-order valence-electron chi connectivity index (χ1n) is 5.26. The van der Waals surface area contributed by atoms with Crippen molar-refractivity contribution in [2.45, 2.75) is 0 Å². The summed E-state index contributed by atoms with van der Waals surface area (Å²) in [6.45, 7) is 1.65. The first-order chi connectivity index (χ1) is 8.08. The summed E-state index contributed by atoms with van der Waals surface area (Å²) in [4.78, 5) is 29.8. The van der Waals surface area contributed by atoms with Gasteiger partial charge in [-0.05, 0) is 12.1 Å². The first-order valence-corrected chi connectivity index (χ1v) is 5.26. The molecular formula is C11H13N3O3. The van der Waals surface area contributed by atoms with E-state index in [4.69, 9.17) is 5.11 Å². The smallest absolute Gasteiger partial charge is 0.337 e. The summed E-state index contributed by atoms with van der Waals surface area (Å²) in [5, 5.41) is 8.75. The molecule has 1 aromatic heterocycles. The van der Waals surface area contributed by atoms with Gasteiger partial charge in [0.2, 0.25) is 5.91 Å². The molecule has 1 amide bonds. The minimum absolute atomic E-state index is 0.0420. The van der Waals surface area contributed by atoms with E-state index in [2.05, 4.69) is 4.98 Å². The molecule has 1 aliphatic heterocycles.